The van der Waals surface area contributed by atoms with E-state index >= 15 is 0 Å². The minimum atomic E-state index is -0.983. The number of carbonyl (C=O) groups excluding carboxylic acids is 1. The van der Waals surface area contributed by atoms with Crippen molar-refractivity contribution in [3.63, 3.8) is 0 Å². The lowest BCUT2D eigenvalue weighted by Gasteiger charge is -2.40. The topological polar surface area (TPSA) is 86.6 Å². The SMILES string of the molecule is CC1(C)CCC(O)(CNC(=O)CCC(=O)O)CC1. The van der Waals surface area contributed by atoms with Crippen LogP contribution in [0.2, 0.25) is 0 Å². The number of aliphatic carboxylic acids is 1. The van der Waals surface area contributed by atoms with Gasteiger partial charge >= 0.3 is 5.97 Å². The molecule has 0 aromatic carbocycles. The van der Waals surface area contributed by atoms with Crippen LogP contribution in [-0.4, -0.2) is 34.2 Å². The number of carboxylic acids is 1. The maximum absolute atomic E-state index is 11.4. The first kappa shape index (κ1) is 15.0. The van der Waals surface area contributed by atoms with Gasteiger partial charge in [-0.1, -0.05) is 13.8 Å². The minimum absolute atomic E-state index is 0.0308. The summed E-state index contributed by atoms with van der Waals surface area (Å²) in [5.41, 5.74) is -0.562. The van der Waals surface area contributed by atoms with Crippen molar-refractivity contribution >= 4 is 11.9 Å². The fourth-order valence-electron chi connectivity index (χ4n) is 2.14. The normalized spacial score (nSPS) is 21.3. The van der Waals surface area contributed by atoms with Gasteiger partial charge in [-0.05, 0) is 31.1 Å². The molecule has 0 spiro atoms. The zero-order valence-electron chi connectivity index (χ0n) is 11.2. The molecule has 1 fully saturated rings. The molecule has 1 aliphatic carbocycles. The molecule has 3 N–H and O–H groups in total. The van der Waals surface area contributed by atoms with Crippen LogP contribution >= 0.6 is 0 Å². The summed E-state index contributed by atoms with van der Waals surface area (Å²) in [6, 6.07) is 0. The molecule has 0 radical (unpaired) electrons. The quantitative estimate of drug-likeness (QED) is 0.693. The van der Waals surface area contributed by atoms with Gasteiger partial charge in [-0.15, -0.1) is 0 Å². The Hall–Kier alpha value is -1.10. The van der Waals surface area contributed by atoms with Crippen molar-refractivity contribution in [1.29, 1.82) is 0 Å². The predicted octanol–water partition coefficient (Wildman–Crippen LogP) is 1.30. The Kier molecular flexibility index (Phi) is 4.73. The molecule has 0 aliphatic heterocycles. The first-order valence-electron chi connectivity index (χ1n) is 6.43. The highest BCUT2D eigenvalue weighted by Gasteiger charge is 2.36. The standard InChI is InChI=1S/C13H23NO4/c1-12(2)5-7-13(18,8-6-12)9-14-10(15)3-4-11(16)17/h18H,3-9H2,1-2H3,(H,14,15)(H,16,17). The molecule has 0 bridgehead atoms. The van der Waals surface area contributed by atoms with E-state index in [1.165, 1.54) is 0 Å². The number of carbonyl (C=O) groups is 2. The minimum Gasteiger partial charge on any atom is -0.481 e. The summed E-state index contributed by atoms with van der Waals surface area (Å²) in [7, 11) is 0. The van der Waals surface area contributed by atoms with E-state index in [1.807, 2.05) is 0 Å². The average Bonchev–Trinajstić information content (AvgIpc) is 2.29. The van der Waals surface area contributed by atoms with Gasteiger partial charge in [-0.25, -0.2) is 0 Å². The third-order valence-electron chi connectivity index (χ3n) is 3.71. The third-order valence-corrected chi connectivity index (χ3v) is 3.71. The number of hydrogen-bond acceptors (Lipinski definition) is 3. The number of amides is 1. The molecule has 1 rings (SSSR count). The lowest BCUT2D eigenvalue weighted by molar-refractivity contribution is -0.139. The average molecular weight is 257 g/mol. The first-order chi connectivity index (χ1) is 8.22. The fraction of sp³-hybridized carbons (Fsp3) is 0.846. The molecule has 1 saturated carbocycles. The zero-order chi connectivity index (χ0) is 13.8. The van der Waals surface area contributed by atoms with Crippen molar-refractivity contribution in [2.24, 2.45) is 5.41 Å². The van der Waals surface area contributed by atoms with Gasteiger partial charge in [0, 0.05) is 13.0 Å². The highest BCUT2D eigenvalue weighted by molar-refractivity contribution is 5.80. The van der Waals surface area contributed by atoms with Gasteiger partial charge in [0.1, 0.15) is 0 Å². The van der Waals surface area contributed by atoms with E-state index in [4.69, 9.17) is 5.11 Å². The van der Waals surface area contributed by atoms with Crippen molar-refractivity contribution < 1.29 is 19.8 Å². The van der Waals surface area contributed by atoms with Gasteiger partial charge in [0.15, 0.2) is 0 Å². The molecule has 0 heterocycles. The third kappa shape index (κ3) is 5.04. The molecular formula is C13H23NO4. The molecule has 5 nitrogen and oxygen atoms in total. The summed E-state index contributed by atoms with van der Waals surface area (Å²) in [5.74, 6) is -1.29. The van der Waals surface area contributed by atoms with Crippen LogP contribution in [0.5, 0.6) is 0 Å². The molecule has 1 aliphatic rings. The van der Waals surface area contributed by atoms with E-state index in [2.05, 4.69) is 19.2 Å². The summed E-state index contributed by atoms with van der Waals surface area (Å²) in [6.45, 7) is 4.58. The summed E-state index contributed by atoms with van der Waals surface area (Å²) in [5, 5.41) is 21.4. The van der Waals surface area contributed by atoms with Crippen molar-refractivity contribution in [3.05, 3.63) is 0 Å². The summed E-state index contributed by atoms with van der Waals surface area (Å²) < 4.78 is 0. The van der Waals surface area contributed by atoms with E-state index in [-0.39, 0.29) is 30.7 Å². The number of carboxylic acid groups (broad SMARTS) is 1. The second kappa shape index (κ2) is 5.69. The lowest BCUT2D eigenvalue weighted by Crippen LogP contribution is -2.46. The van der Waals surface area contributed by atoms with E-state index in [9.17, 15) is 14.7 Å². The molecule has 0 aromatic heterocycles. The number of hydrogen-bond donors (Lipinski definition) is 3. The van der Waals surface area contributed by atoms with Gasteiger partial charge in [-0.3, -0.25) is 9.59 Å². The van der Waals surface area contributed by atoms with Gasteiger partial charge in [0.25, 0.3) is 0 Å². The summed E-state index contributed by atoms with van der Waals surface area (Å²) >= 11 is 0. The van der Waals surface area contributed by atoms with E-state index in [1.54, 1.807) is 0 Å². The summed E-state index contributed by atoms with van der Waals surface area (Å²) in [4.78, 5) is 21.7. The van der Waals surface area contributed by atoms with Crippen LogP contribution in [-0.2, 0) is 9.59 Å². The Labute approximate surface area is 108 Å². The van der Waals surface area contributed by atoms with Crippen LogP contribution in [0.1, 0.15) is 52.4 Å². The van der Waals surface area contributed by atoms with Crippen LogP contribution in [0.15, 0.2) is 0 Å². The number of nitrogens with one attached hydrogen (secondary N) is 1. The van der Waals surface area contributed by atoms with Gasteiger partial charge in [-0.2, -0.15) is 0 Å². The zero-order valence-corrected chi connectivity index (χ0v) is 11.2. The molecule has 0 aromatic rings. The molecule has 18 heavy (non-hydrogen) atoms. The monoisotopic (exact) mass is 257 g/mol. The van der Waals surface area contributed by atoms with Gasteiger partial charge in [0.2, 0.25) is 5.91 Å². The highest BCUT2D eigenvalue weighted by atomic mass is 16.4. The molecule has 1 amide bonds. The fourth-order valence-corrected chi connectivity index (χ4v) is 2.14. The smallest absolute Gasteiger partial charge is 0.303 e. The Bertz CT molecular complexity index is 315. The molecule has 0 saturated heterocycles. The lowest BCUT2D eigenvalue weighted by atomic mass is 9.71. The molecular weight excluding hydrogens is 234 g/mol. The van der Waals surface area contributed by atoms with Gasteiger partial charge in [0.05, 0.1) is 12.0 Å². The second-order valence-electron chi connectivity index (χ2n) is 6.06. The van der Waals surface area contributed by atoms with Crippen LogP contribution in [0.4, 0.5) is 0 Å². The second-order valence-corrected chi connectivity index (χ2v) is 6.06. The Morgan fingerprint density at radius 1 is 1.11 bits per heavy atom. The van der Waals surface area contributed by atoms with Crippen LogP contribution in [0, 0.1) is 5.41 Å². The van der Waals surface area contributed by atoms with E-state index in [0.717, 1.165) is 12.8 Å². The molecule has 0 unspecified atom stereocenters. The van der Waals surface area contributed by atoms with Crippen molar-refractivity contribution in [2.75, 3.05) is 6.54 Å². The first-order valence-corrected chi connectivity index (χ1v) is 6.43. The van der Waals surface area contributed by atoms with Crippen LogP contribution < -0.4 is 5.32 Å². The Morgan fingerprint density at radius 3 is 2.17 bits per heavy atom. The predicted molar refractivity (Wildman–Crippen MR) is 67.1 cm³/mol. The molecule has 0 atom stereocenters. The van der Waals surface area contributed by atoms with Crippen molar-refractivity contribution in [3.8, 4) is 0 Å². The Morgan fingerprint density at radius 2 is 1.67 bits per heavy atom. The largest absolute Gasteiger partial charge is 0.481 e. The van der Waals surface area contributed by atoms with E-state index < -0.39 is 11.6 Å². The number of rotatable bonds is 5. The summed E-state index contributed by atoms with van der Waals surface area (Å²) in [6.07, 6.45) is 3.04. The Balaban J connectivity index is 2.30. The maximum Gasteiger partial charge on any atom is 0.303 e. The van der Waals surface area contributed by atoms with Crippen molar-refractivity contribution in [1.82, 2.24) is 5.32 Å². The highest BCUT2D eigenvalue weighted by Crippen LogP contribution is 2.39. The van der Waals surface area contributed by atoms with Crippen LogP contribution in [0.3, 0.4) is 0 Å². The molecule has 5 heteroatoms. The van der Waals surface area contributed by atoms with E-state index in [0.29, 0.717) is 12.8 Å². The van der Waals surface area contributed by atoms with Crippen molar-refractivity contribution in [2.45, 2.75) is 58.0 Å². The van der Waals surface area contributed by atoms with Crippen LogP contribution in [0.25, 0.3) is 0 Å². The number of aliphatic hydroxyl groups is 1. The maximum atomic E-state index is 11.4. The van der Waals surface area contributed by atoms with Gasteiger partial charge < -0.3 is 15.5 Å². The molecule has 104 valence electrons.